The van der Waals surface area contributed by atoms with E-state index < -0.39 is 18.7 Å². The Hall–Kier alpha value is -1.27. The van der Waals surface area contributed by atoms with Crippen molar-refractivity contribution in [2.45, 2.75) is 25.1 Å². The summed E-state index contributed by atoms with van der Waals surface area (Å²) in [6.45, 7) is 0.436. The van der Waals surface area contributed by atoms with Gasteiger partial charge in [-0.15, -0.1) is 0 Å². The maximum atomic E-state index is 11.9. The molecule has 2 N–H and O–H groups in total. The molecule has 0 spiro atoms. The van der Waals surface area contributed by atoms with E-state index >= 15 is 0 Å². The lowest BCUT2D eigenvalue weighted by Gasteiger charge is -2.13. The number of nitrogens with one attached hydrogen (secondary N) is 1. The SMILES string of the molecule is COc1cccc(C(O)CNCCCC(F)(F)F)c1. The Kier molecular flexibility index (Phi) is 6.11. The zero-order valence-electron chi connectivity index (χ0n) is 10.7. The quantitative estimate of drug-likeness (QED) is 0.753. The normalized spacial score (nSPS) is 13.3. The Morgan fingerprint density at radius 3 is 2.74 bits per heavy atom. The number of aliphatic hydroxyl groups excluding tert-OH is 1. The van der Waals surface area contributed by atoms with Crippen LogP contribution in [0.4, 0.5) is 13.2 Å². The molecule has 0 aliphatic rings. The van der Waals surface area contributed by atoms with E-state index in [9.17, 15) is 18.3 Å². The van der Waals surface area contributed by atoms with Crippen molar-refractivity contribution in [3.05, 3.63) is 29.8 Å². The fourth-order valence-corrected chi connectivity index (χ4v) is 1.62. The molecular formula is C13H18F3NO2. The first kappa shape index (κ1) is 15.8. The summed E-state index contributed by atoms with van der Waals surface area (Å²) in [5.41, 5.74) is 0.669. The van der Waals surface area contributed by atoms with Gasteiger partial charge in [0.05, 0.1) is 13.2 Å². The summed E-state index contributed by atoms with van der Waals surface area (Å²) in [5.74, 6) is 0.633. The highest BCUT2D eigenvalue weighted by Gasteiger charge is 2.25. The van der Waals surface area contributed by atoms with Crippen LogP contribution in [0.5, 0.6) is 5.75 Å². The number of alkyl halides is 3. The van der Waals surface area contributed by atoms with E-state index in [1.807, 2.05) is 0 Å². The van der Waals surface area contributed by atoms with Crippen LogP contribution in [0.25, 0.3) is 0 Å². The van der Waals surface area contributed by atoms with Gasteiger partial charge in [0.15, 0.2) is 0 Å². The lowest BCUT2D eigenvalue weighted by atomic mass is 10.1. The Morgan fingerprint density at radius 1 is 1.37 bits per heavy atom. The molecule has 0 fully saturated rings. The number of rotatable bonds is 7. The van der Waals surface area contributed by atoms with Crippen molar-refractivity contribution in [2.75, 3.05) is 20.2 Å². The molecule has 1 rings (SSSR count). The van der Waals surface area contributed by atoms with E-state index in [1.165, 1.54) is 7.11 Å². The number of hydrogen-bond acceptors (Lipinski definition) is 3. The molecule has 1 aromatic carbocycles. The lowest BCUT2D eigenvalue weighted by molar-refractivity contribution is -0.135. The summed E-state index contributed by atoms with van der Waals surface area (Å²) in [6.07, 6.45) is -5.68. The summed E-state index contributed by atoms with van der Waals surface area (Å²) in [4.78, 5) is 0. The summed E-state index contributed by atoms with van der Waals surface area (Å²) < 4.78 is 40.7. The van der Waals surface area contributed by atoms with Crippen LogP contribution < -0.4 is 10.1 Å². The van der Waals surface area contributed by atoms with E-state index in [4.69, 9.17) is 4.74 Å². The third-order valence-electron chi connectivity index (χ3n) is 2.63. The topological polar surface area (TPSA) is 41.5 Å². The van der Waals surface area contributed by atoms with E-state index in [0.29, 0.717) is 11.3 Å². The predicted octanol–water partition coefficient (Wildman–Crippen LogP) is 2.66. The van der Waals surface area contributed by atoms with Gasteiger partial charge in [-0.25, -0.2) is 0 Å². The Balaban J connectivity index is 2.29. The first-order valence-corrected chi connectivity index (χ1v) is 6.02. The van der Waals surface area contributed by atoms with Gasteiger partial charge in [0, 0.05) is 13.0 Å². The number of hydrogen-bond donors (Lipinski definition) is 2. The molecule has 0 saturated heterocycles. The molecule has 0 bridgehead atoms. The minimum absolute atomic E-state index is 0.00826. The van der Waals surface area contributed by atoms with Crippen LogP contribution in [0.3, 0.4) is 0 Å². The van der Waals surface area contributed by atoms with Crippen LogP contribution in [0.1, 0.15) is 24.5 Å². The number of ether oxygens (including phenoxy) is 1. The summed E-state index contributed by atoms with van der Waals surface area (Å²) in [7, 11) is 1.53. The molecule has 0 radical (unpaired) electrons. The average molecular weight is 277 g/mol. The van der Waals surface area contributed by atoms with Crippen molar-refractivity contribution < 1.29 is 23.0 Å². The van der Waals surface area contributed by atoms with Crippen LogP contribution in [-0.4, -0.2) is 31.5 Å². The molecule has 1 unspecified atom stereocenters. The maximum Gasteiger partial charge on any atom is 0.389 e. The van der Waals surface area contributed by atoms with Crippen LogP contribution in [0.15, 0.2) is 24.3 Å². The monoisotopic (exact) mass is 277 g/mol. The second-order valence-electron chi connectivity index (χ2n) is 4.22. The molecule has 108 valence electrons. The van der Waals surface area contributed by atoms with Crippen molar-refractivity contribution in [1.29, 1.82) is 0 Å². The second kappa shape index (κ2) is 7.35. The van der Waals surface area contributed by atoms with Crippen molar-refractivity contribution in [1.82, 2.24) is 5.32 Å². The van der Waals surface area contributed by atoms with Crippen LogP contribution in [-0.2, 0) is 0 Å². The molecule has 0 aliphatic heterocycles. The van der Waals surface area contributed by atoms with Crippen molar-refractivity contribution in [2.24, 2.45) is 0 Å². The van der Waals surface area contributed by atoms with Crippen molar-refractivity contribution in [3.8, 4) is 5.75 Å². The molecule has 0 aliphatic carbocycles. The van der Waals surface area contributed by atoms with E-state index in [-0.39, 0.29) is 19.5 Å². The molecule has 1 atom stereocenters. The highest BCUT2D eigenvalue weighted by Crippen LogP contribution is 2.21. The fourth-order valence-electron chi connectivity index (χ4n) is 1.62. The Labute approximate surface area is 110 Å². The Bertz CT molecular complexity index is 382. The third kappa shape index (κ3) is 6.45. The average Bonchev–Trinajstić information content (AvgIpc) is 2.37. The molecule has 0 aromatic heterocycles. The van der Waals surface area contributed by atoms with E-state index in [2.05, 4.69) is 5.32 Å². The van der Waals surface area contributed by atoms with Crippen molar-refractivity contribution >= 4 is 0 Å². The molecule has 0 saturated carbocycles. The molecule has 19 heavy (non-hydrogen) atoms. The summed E-state index contributed by atoms with van der Waals surface area (Å²) in [6, 6.07) is 6.95. The van der Waals surface area contributed by atoms with Gasteiger partial charge < -0.3 is 15.2 Å². The first-order chi connectivity index (χ1) is 8.92. The maximum absolute atomic E-state index is 11.9. The molecule has 6 heteroatoms. The van der Waals surface area contributed by atoms with E-state index in [1.54, 1.807) is 24.3 Å². The smallest absolute Gasteiger partial charge is 0.389 e. The van der Waals surface area contributed by atoms with Gasteiger partial charge in [0.25, 0.3) is 0 Å². The Morgan fingerprint density at radius 2 is 2.11 bits per heavy atom. The van der Waals surface area contributed by atoms with Gasteiger partial charge in [-0.1, -0.05) is 12.1 Å². The lowest BCUT2D eigenvalue weighted by Crippen LogP contribution is -2.23. The molecule has 3 nitrogen and oxygen atoms in total. The first-order valence-electron chi connectivity index (χ1n) is 6.02. The number of aliphatic hydroxyl groups is 1. The highest BCUT2D eigenvalue weighted by molar-refractivity contribution is 5.29. The zero-order valence-corrected chi connectivity index (χ0v) is 10.7. The largest absolute Gasteiger partial charge is 0.497 e. The van der Waals surface area contributed by atoms with Gasteiger partial charge in [0.1, 0.15) is 5.75 Å². The second-order valence-corrected chi connectivity index (χ2v) is 4.22. The van der Waals surface area contributed by atoms with Crippen molar-refractivity contribution in [3.63, 3.8) is 0 Å². The number of halogens is 3. The standard InChI is InChI=1S/C13H18F3NO2/c1-19-11-5-2-4-10(8-11)12(18)9-17-7-3-6-13(14,15)16/h2,4-5,8,12,17-18H,3,6-7,9H2,1H3. The fraction of sp³-hybridized carbons (Fsp3) is 0.538. The summed E-state index contributed by atoms with van der Waals surface area (Å²) >= 11 is 0. The van der Waals surface area contributed by atoms with E-state index in [0.717, 1.165) is 0 Å². The van der Waals surface area contributed by atoms with Crippen LogP contribution >= 0.6 is 0 Å². The molecular weight excluding hydrogens is 259 g/mol. The minimum atomic E-state index is -4.12. The molecule has 1 aromatic rings. The molecule has 0 heterocycles. The van der Waals surface area contributed by atoms with Gasteiger partial charge in [-0.3, -0.25) is 0 Å². The number of benzene rings is 1. The third-order valence-corrected chi connectivity index (χ3v) is 2.63. The predicted molar refractivity (Wildman–Crippen MR) is 66.1 cm³/mol. The van der Waals surface area contributed by atoms with Gasteiger partial charge in [-0.2, -0.15) is 13.2 Å². The highest BCUT2D eigenvalue weighted by atomic mass is 19.4. The van der Waals surface area contributed by atoms with Gasteiger partial charge >= 0.3 is 6.18 Å². The summed E-state index contributed by atoms with van der Waals surface area (Å²) in [5, 5.41) is 12.7. The number of methoxy groups -OCH3 is 1. The van der Waals surface area contributed by atoms with Gasteiger partial charge in [-0.05, 0) is 30.7 Å². The minimum Gasteiger partial charge on any atom is -0.497 e. The van der Waals surface area contributed by atoms with Crippen LogP contribution in [0, 0.1) is 0 Å². The zero-order chi connectivity index (χ0) is 14.3. The van der Waals surface area contributed by atoms with Gasteiger partial charge in [0.2, 0.25) is 0 Å². The van der Waals surface area contributed by atoms with Crippen LogP contribution in [0.2, 0.25) is 0 Å². The molecule has 0 amide bonds.